The fourth-order valence-corrected chi connectivity index (χ4v) is 3.25. The number of nitrogens with zero attached hydrogens (tertiary/aromatic N) is 1. The van der Waals surface area contributed by atoms with E-state index >= 15 is 0 Å². The molecular formula is C21H23N3O5. The lowest BCUT2D eigenvalue weighted by atomic mass is 10.0. The van der Waals surface area contributed by atoms with Crippen molar-refractivity contribution in [2.24, 2.45) is 0 Å². The number of rotatable bonds is 5. The van der Waals surface area contributed by atoms with E-state index in [1.807, 2.05) is 25.1 Å². The molecule has 0 unspecified atom stereocenters. The molecule has 1 aromatic heterocycles. The van der Waals surface area contributed by atoms with Gasteiger partial charge in [-0.25, -0.2) is 14.4 Å². The van der Waals surface area contributed by atoms with Gasteiger partial charge in [0.2, 0.25) is 0 Å². The summed E-state index contributed by atoms with van der Waals surface area (Å²) in [4.78, 5) is 41.4. The van der Waals surface area contributed by atoms with Crippen LogP contribution in [0.15, 0.2) is 35.5 Å². The average molecular weight is 397 g/mol. The highest BCUT2D eigenvalue weighted by atomic mass is 16.5. The van der Waals surface area contributed by atoms with Crippen molar-refractivity contribution in [1.82, 2.24) is 15.6 Å². The van der Waals surface area contributed by atoms with E-state index in [4.69, 9.17) is 9.47 Å². The van der Waals surface area contributed by atoms with Crippen molar-refractivity contribution in [3.05, 3.63) is 52.4 Å². The predicted octanol–water partition coefficient (Wildman–Crippen LogP) is 2.53. The number of pyridine rings is 1. The Hall–Kier alpha value is -3.42. The third-order valence-corrected chi connectivity index (χ3v) is 4.53. The maximum Gasteiger partial charge on any atom is 0.339 e. The van der Waals surface area contributed by atoms with E-state index in [0.29, 0.717) is 22.2 Å². The number of hydrogen-bond donors (Lipinski definition) is 2. The molecule has 0 spiro atoms. The van der Waals surface area contributed by atoms with Crippen molar-refractivity contribution in [2.45, 2.75) is 33.7 Å². The number of aromatic nitrogens is 1. The first-order chi connectivity index (χ1) is 13.8. The lowest BCUT2D eigenvalue weighted by Gasteiger charge is -2.26. The molecule has 1 aliphatic rings. The fraction of sp³-hybridized carbons (Fsp3) is 0.333. The third-order valence-electron chi connectivity index (χ3n) is 4.53. The Morgan fingerprint density at radius 2 is 1.90 bits per heavy atom. The SMILES string of the molecule is CCOC(=O)C1=C(COC(=O)c2cc(C)nc3ccc(C)cc23)NC(=O)N[C@@H]1C. The number of benzene rings is 1. The van der Waals surface area contributed by atoms with Gasteiger partial charge in [-0.3, -0.25) is 4.98 Å². The molecule has 2 amide bonds. The number of fused-ring (bicyclic) bond motifs is 1. The van der Waals surface area contributed by atoms with Crippen LogP contribution in [0.25, 0.3) is 10.9 Å². The largest absolute Gasteiger partial charge is 0.463 e. The highest BCUT2D eigenvalue weighted by molar-refractivity contribution is 6.04. The highest BCUT2D eigenvalue weighted by Crippen LogP contribution is 2.22. The minimum Gasteiger partial charge on any atom is -0.463 e. The van der Waals surface area contributed by atoms with Crippen molar-refractivity contribution in [3.8, 4) is 0 Å². The van der Waals surface area contributed by atoms with E-state index in [9.17, 15) is 14.4 Å². The molecule has 152 valence electrons. The van der Waals surface area contributed by atoms with Crippen LogP contribution in [-0.4, -0.2) is 42.2 Å². The topological polar surface area (TPSA) is 107 Å². The number of carbonyl (C=O) groups excluding carboxylic acids is 3. The second kappa shape index (κ2) is 8.30. The van der Waals surface area contributed by atoms with Crippen molar-refractivity contribution < 1.29 is 23.9 Å². The average Bonchev–Trinajstić information content (AvgIpc) is 2.65. The molecule has 1 aliphatic heterocycles. The standard InChI is InChI=1S/C21H23N3O5/c1-5-28-20(26)18-13(4)23-21(27)24-17(18)10-29-19(25)15-9-12(3)22-16-7-6-11(2)8-14(15)16/h6-9,13H,5,10H2,1-4H3,(H2,23,24,27)/t13-/m1/s1. The predicted molar refractivity (Wildman–Crippen MR) is 106 cm³/mol. The van der Waals surface area contributed by atoms with Crippen molar-refractivity contribution >= 4 is 28.9 Å². The number of amides is 2. The van der Waals surface area contributed by atoms with Crippen LogP contribution < -0.4 is 10.6 Å². The number of ether oxygens (including phenoxy) is 2. The Balaban J connectivity index is 1.90. The zero-order valence-electron chi connectivity index (χ0n) is 16.8. The second-order valence-electron chi connectivity index (χ2n) is 6.84. The van der Waals surface area contributed by atoms with Gasteiger partial charge in [-0.1, -0.05) is 11.6 Å². The summed E-state index contributed by atoms with van der Waals surface area (Å²) in [5, 5.41) is 5.82. The van der Waals surface area contributed by atoms with Crippen LogP contribution >= 0.6 is 0 Å². The van der Waals surface area contributed by atoms with E-state index in [1.165, 1.54) is 0 Å². The first-order valence-electron chi connectivity index (χ1n) is 9.33. The molecular weight excluding hydrogens is 374 g/mol. The molecule has 8 nitrogen and oxygen atoms in total. The first-order valence-corrected chi connectivity index (χ1v) is 9.33. The Morgan fingerprint density at radius 3 is 2.62 bits per heavy atom. The van der Waals surface area contributed by atoms with Gasteiger partial charge < -0.3 is 20.1 Å². The van der Waals surface area contributed by atoms with Gasteiger partial charge in [-0.15, -0.1) is 0 Å². The molecule has 1 aromatic carbocycles. The van der Waals surface area contributed by atoms with Crippen molar-refractivity contribution in [3.63, 3.8) is 0 Å². The lowest BCUT2D eigenvalue weighted by Crippen LogP contribution is -2.50. The molecule has 0 saturated carbocycles. The molecule has 0 saturated heterocycles. The minimum atomic E-state index is -0.570. The van der Waals surface area contributed by atoms with E-state index in [1.54, 1.807) is 26.8 Å². The number of urea groups is 1. The van der Waals surface area contributed by atoms with Crippen molar-refractivity contribution in [1.29, 1.82) is 0 Å². The first kappa shape index (κ1) is 20.3. The van der Waals surface area contributed by atoms with Crippen molar-refractivity contribution in [2.75, 3.05) is 13.2 Å². The normalized spacial score (nSPS) is 16.3. The van der Waals surface area contributed by atoms with Gasteiger partial charge >= 0.3 is 18.0 Å². The third kappa shape index (κ3) is 4.37. The molecule has 3 rings (SSSR count). The van der Waals surface area contributed by atoms with Gasteiger partial charge in [0.05, 0.1) is 35.0 Å². The Labute approximate surface area is 168 Å². The number of carbonyl (C=O) groups is 3. The summed E-state index contributed by atoms with van der Waals surface area (Å²) in [5.41, 5.74) is 3.18. The molecule has 0 bridgehead atoms. The van der Waals surface area contributed by atoms with E-state index in [0.717, 1.165) is 5.56 Å². The van der Waals surface area contributed by atoms with Crippen LogP contribution in [0.1, 0.15) is 35.5 Å². The summed E-state index contributed by atoms with van der Waals surface area (Å²) in [6.45, 7) is 7.01. The summed E-state index contributed by atoms with van der Waals surface area (Å²) in [6.07, 6.45) is 0. The molecule has 29 heavy (non-hydrogen) atoms. The van der Waals surface area contributed by atoms with Crippen LogP contribution in [-0.2, 0) is 14.3 Å². The summed E-state index contributed by atoms with van der Waals surface area (Å²) in [7, 11) is 0. The number of esters is 2. The van der Waals surface area contributed by atoms with Crippen LogP contribution in [0.4, 0.5) is 4.79 Å². The smallest absolute Gasteiger partial charge is 0.339 e. The fourth-order valence-electron chi connectivity index (χ4n) is 3.25. The maximum absolute atomic E-state index is 12.8. The van der Waals surface area contributed by atoms with Gasteiger partial charge in [-0.05, 0) is 45.9 Å². The van der Waals surface area contributed by atoms with E-state index in [2.05, 4.69) is 15.6 Å². The molecule has 2 aromatic rings. The Bertz CT molecular complexity index is 1030. The van der Waals surface area contributed by atoms with E-state index < -0.39 is 24.0 Å². The van der Waals surface area contributed by atoms with Gasteiger partial charge in [-0.2, -0.15) is 0 Å². The van der Waals surface area contributed by atoms with Crippen LogP contribution in [0.5, 0.6) is 0 Å². The summed E-state index contributed by atoms with van der Waals surface area (Å²) >= 11 is 0. The highest BCUT2D eigenvalue weighted by Gasteiger charge is 2.30. The van der Waals surface area contributed by atoms with Crippen LogP contribution in [0.2, 0.25) is 0 Å². The second-order valence-corrected chi connectivity index (χ2v) is 6.84. The molecule has 2 heterocycles. The number of aryl methyl sites for hydroxylation is 2. The van der Waals surface area contributed by atoms with Gasteiger partial charge in [0.15, 0.2) is 0 Å². The molecule has 8 heteroatoms. The molecule has 0 aliphatic carbocycles. The van der Waals surface area contributed by atoms with E-state index in [-0.39, 0.29) is 24.5 Å². The monoisotopic (exact) mass is 397 g/mol. The summed E-state index contributed by atoms with van der Waals surface area (Å²) in [6, 6.07) is 6.27. The zero-order valence-corrected chi connectivity index (χ0v) is 16.8. The maximum atomic E-state index is 12.8. The van der Waals surface area contributed by atoms with Gasteiger partial charge in [0, 0.05) is 11.1 Å². The minimum absolute atomic E-state index is 0.192. The van der Waals surface area contributed by atoms with Crippen LogP contribution in [0.3, 0.4) is 0 Å². The molecule has 0 radical (unpaired) electrons. The van der Waals surface area contributed by atoms with Crippen LogP contribution in [0, 0.1) is 13.8 Å². The number of nitrogens with one attached hydrogen (secondary N) is 2. The molecule has 1 atom stereocenters. The lowest BCUT2D eigenvalue weighted by molar-refractivity contribution is -0.139. The molecule has 0 fully saturated rings. The van der Waals surface area contributed by atoms with Gasteiger partial charge in [0.25, 0.3) is 0 Å². The number of hydrogen-bond acceptors (Lipinski definition) is 6. The zero-order chi connectivity index (χ0) is 21.1. The summed E-state index contributed by atoms with van der Waals surface area (Å²) in [5.74, 6) is -1.14. The quantitative estimate of drug-likeness (QED) is 0.751. The summed E-state index contributed by atoms with van der Waals surface area (Å²) < 4.78 is 10.5. The molecule has 2 N–H and O–H groups in total. The Kier molecular flexibility index (Phi) is 5.81. The van der Waals surface area contributed by atoms with Gasteiger partial charge in [0.1, 0.15) is 6.61 Å². The Morgan fingerprint density at radius 1 is 1.14 bits per heavy atom.